The number of hydrogen-bond donors (Lipinski definition) is 0. The lowest BCUT2D eigenvalue weighted by molar-refractivity contribution is 0.0748. The van der Waals surface area contributed by atoms with Gasteiger partial charge in [-0.05, 0) is 61.0 Å². The van der Waals surface area contributed by atoms with Gasteiger partial charge in [0.25, 0.3) is 5.91 Å². The van der Waals surface area contributed by atoms with Crippen molar-refractivity contribution in [3.05, 3.63) is 22.4 Å². The van der Waals surface area contributed by atoms with E-state index < -0.39 is 0 Å². The molecule has 1 unspecified atom stereocenters. The van der Waals surface area contributed by atoms with E-state index in [9.17, 15) is 4.79 Å². The van der Waals surface area contributed by atoms with Crippen LogP contribution >= 0.6 is 15.9 Å². The van der Waals surface area contributed by atoms with E-state index in [0.29, 0.717) is 6.04 Å². The van der Waals surface area contributed by atoms with Gasteiger partial charge in [0.2, 0.25) is 0 Å². The molecule has 0 aliphatic carbocycles. The lowest BCUT2D eigenvalue weighted by Crippen LogP contribution is -2.33. The van der Waals surface area contributed by atoms with Crippen LogP contribution in [-0.2, 0) is 0 Å². The fraction of sp³-hybridized carbons (Fsp3) is 0.667. The van der Waals surface area contributed by atoms with Gasteiger partial charge in [-0.15, -0.1) is 0 Å². The maximum absolute atomic E-state index is 12.7. The van der Waals surface area contributed by atoms with E-state index in [1.54, 1.807) is 0 Å². The van der Waals surface area contributed by atoms with Crippen molar-refractivity contribution in [3.63, 3.8) is 0 Å². The molecule has 1 fully saturated rings. The highest BCUT2D eigenvalue weighted by molar-refractivity contribution is 9.10. The Kier molecular flexibility index (Phi) is 4.71. The van der Waals surface area contributed by atoms with Crippen molar-refractivity contribution in [1.82, 2.24) is 9.47 Å². The molecular formula is C15H23BrN2O. The predicted octanol–water partition coefficient (Wildman–Crippen LogP) is 4.09. The fourth-order valence-corrected chi connectivity index (χ4v) is 3.11. The molecule has 0 N–H and O–H groups in total. The zero-order valence-electron chi connectivity index (χ0n) is 12.0. The van der Waals surface area contributed by atoms with Crippen LogP contribution in [0, 0.1) is 5.92 Å². The number of halogens is 1. The molecule has 1 amide bonds. The monoisotopic (exact) mass is 326 g/mol. The lowest BCUT2D eigenvalue weighted by atomic mass is 10.0. The summed E-state index contributed by atoms with van der Waals surface area (Å²) in [6, 6.07) is 2.24. The van der Waals surface area contributed by atoms with E-state index in [4.69, 9.17) is 0 Å². The highest BCUT2D eigenvalue weighted by atomic mass is 79.9. The van der Waals surface area contributed by atoms with Crippen LogP contribution in [0.15, 0.2) is 16.7 Å². The number of likely N-dealkylation sites (tertiary alicyclic amines) is 1. The van der Waals surface area contributed by atoms with Crippen molar-refractivity contribution in [3.8, 4) is 0 Å². The van der Waals surface area contributed by atoms with E-state index in [2.05, 4.69) is 41.3 Å². The van der Waals surface area contributed by atoms with Crippen molar-refractivity contribution in [1.29, 1.82) is 0 Å². The summed E-state index contributed by atoms with van der Waals surface area (Å²) >= 11 is 3.48. The summed E-state index contributed by atoms with van der Waals surface area (Å²) in [4.78, 5) is 14.7. The topological polar surface area (TPSA) is 25.2 Å². The maximum Gasteiger partial charge on any atom is 0.270 e. The summed E-state index contributed by atoms with van der Waals surface area (Å²) in [5.74, 6) is 0.912. The number of aromatic nitrogens is 1. The molecule has 4 heteroatoms. The molecule has 1 saturated heterocycles. The molecular weight excluding hydrogens is 304 g/mol. The van der Waals surface area contributed by atoms with Crippen molar-refractivity contribution in [2.24, 2.45) is 5.92 Å². The number of carbonyl (C=O) groups is 1. The highest BCUT2D eigenvalue weighted by Gasteiger charge is 2.23. The van der Waals surface area contributed by atoms with E-state index in [1.165, 1.54) is 6.42 Å². The summed E-state index contributed by atoms with van der Waals surface area (Å²) in [5.41, 5.74) is 0.802. The van der Waals surface area contributed by atoms with Crippen LogP contribution in [-0.4, -0.2) is 28.5 Å². The first-order chi connectivity index (χ1) is 8.99. The molecule has 1 aromatic rings. The molecule has 2 heterocycles. The van der Waals surface area contributed by atoms with Gasteiger partial charge < -0.3 is 9.47 Å². The standard InChI is InChI=1S/C15H23BrN2O/c1-11(2)18-10-13(16)9-14(18)15(19)17-7-4-5-12(3)6-8-17/h9-12H,4-8H2,1-3H3. The zero-order chi connectivity index (χ0) is 14.0. The largest absolute Gasteiger partial charge is 0.340 e. The van der Waals surface area contributed by atoms with Crippen LogP contribution in [0.1, 0.15) is 56.6 Å². The molecule has 3 nitrogen and oxygen atoms in total. The number of amides is 1. The van der Waals surface area contributed by atoms with Crippen LogP contribution < -0.4 is 0 Å². The van der Waals surface area contributed by atoms with E-state index in [0.717, 1.165) is 42.0 Å². The quantitative estimate of drug-likeness (QED) is 0.803. The van der Waals surface area contributed by atoms with Gasteiger partial charge >= 0.3 is 0 Å². The van der Waals surface area contributed by atoms with E-state index >= 15 is 0 Å². The smallest absolute Gasteiger partial charge is 0.270 e. The molecule has 1 aliphatic heterocycles. The molecule has 0 aromatic carbocycles. The fourth-order valence-electron chi connectivity index (χ4n) is 2.67. The van der Waals surface area contributed by atoms with E-state index in [1.807, 2.05) is 17.2 Å². The number of nitrogens with zero attached hydrogens (tertiary/aromatic N) is 2. The second-order valence-corrected chi connectivity index (χ2v) is 6.79. The third kappa shape index (κ3) is 3.41. The Bertz CT molecular complexity index is 453. The Morgan fingerprint density at radius 1 is 1.37 bits per heavy atom. The minimum atomic E-state index is 0.175. The molecule has 1 atom stereocenters. The maximum atomic E-state index is 12.7. The summed E-state index contributed by atoms with van der Waals surface area (Å²) in [5, 5.41) is 0. The SMILES string of the molecule is CC1CCCN(C(=O)c2cc(Br)cn2C(C)C)CC1. The van der Waals surface area contributed by atoms with Gasteiger partial charge in [0, 0.05) is 29.8 Å². The predicted molar refractivity (Wildman–Crippen MR) is 81.4 cm³/mol. The minimum absolute atomic E-state index is 0.175. The summed E-state index contributed by atoms with van der Waals surface area (Å²) in [6.45, 7) is 8.27. The first kappa shape index (κ1) is 14.6. The molecule has 2 rings (SSSR count). The first-order valence-corrected chi connectivity index (χ1v) is 7.95. The van der Waals surface area contributed by atoms with Gasteiger partial charge in [0.05, 0.1) is 0 Å². The van der Waals surface area contributed by atoms with Crippen LogP contribution in [0.5, 0.6) is 0 Å². The Morgan fingerprint density at radius 2 is 2.11 bits per heavy atom. The van der Waals surface area contributed by atoms with Crippen molar-refractivity contribution < 1.29 is 4.79 Å². The molecule has 1 aliphatic rings. The molecule has 1 aromatic heterocycles. The third-order valence-corrected chi connectivity index (χ3v) is 4.33. The zero-order valence-corrected chi connectivity index (χ0v) is 13.6. The average Bonchev–Trinajstić information content (AvgIpc) is 2.61. The van der Waals surface area contributed by atoms with Crippen LogP contribution in [0.4, 0.5) is 0 Å². The highest BCUT2D eigenvalue weighted by Crippen LogP contribution is 2.23. The molecule has 19 heavy (non-hydrogen) atoms. The van der Waals surface area contributed by atoms with Crippen molar-refractivity contribution >= 4 is 21.8 Å². The Balaban J connectivity index is 2.19. The Morgan fingerprint density at radius 3 is 2.79 bits per heavy atom. The molecule has 0 radical (unpaired) electrons. The normalized spacial score (nSPS) is 20.7. The van der Waals surface area contributed by atoms with Crippen LogP contribution in [0.3, 0.4) is 0 Å². The van der Waals surface area contributed by atoms with Gasteiger partial charge in [-0.2, -0.15) is 0 Å². The number of carbonyl (C=O) groups excluding carboxylic acids is 1. The second kappa shape index (κ2) is 6.12. The molecule has 106 valence electrons. The molecule has 0 bridgehead atoms. The molecule has 0 saturated carbocycles. The summed E-state index contributed by atoms with van der Waals surface area (Å²) in [7, 11) is 0. The van der Waals surface area contributed by atoms with Gasteiger partial charge in [0.15, 0.2) is 0 Å². The first-order valence-electron chi connectivity index (χ1n) is 7.15. The summed E-state index contributed by atoms with van der Waals surface area (Å²) < 4.78 is 3.04. The minimum Gasteiger partial charge on any atom is -0.340 e. The van der Waals surface area contributed by atoms with Crippen LogP contribution in [0.2, 0.25) is 0 Å². The van der Waals surface area contributed by atoms with Crippen molar-refractivity contribution in [2.75, 3.05) is 13.1 Å². The van der Waals surface area contributed by atoms with Gasteiger partial charge in [-0.3, -0.25) is 4.79 Å². The van der Waals surface area contributed by atoms with Gasteiger partial charge in [0.1, 0.15) is 5.69 Å². The van der Waals surface area contributed by atoms with Crippen LogP contribution in [0.25, 0.3) is 0 Å². The average molecular weight is 327 g/mol. The number of hydrogen-bond acceptors (Lipinski definition) is 1. The Hall–Kier alpha value is -0.770. The number of rotatable bonds is 2. The Labute approximate surface area is 124 Å². The van der Waals surface area contributed by atoms with Gasteiger partial charge in [-0.25, -0.2) is 0 Å². The molecule has 0 spiro atoms. The summed E-state index contributed by atoms with van der Waals surface area (Å²) in [6.07, 6.45) is 5.47. The third-order valence-electron chi connectivity index (χ3n) is 3.89. The van der Waals surface area contributed by atoms with E-state index in [-0.39, 0.29) is 5.91 Å². The van der Waals surface area contributed by atoms with Crippen molar-refractivity contribution in [2.45, 2.75) is 46.1 Å². The lowest BCUT2D eigenvalue weighted by Gasteiger charge is -2.22. The second-order valence-electron chi connectivity index (χ2n) is 5.87. The van der Waals surface area contributed by atoms with Gasteiger partial charge in [-0.1, -0.05) is 6.92 Å².